The van der Waals surface area contributed by atoms with Crippen molar-refractivity contribution in [2.45, 2.75) is 38.9 Å². The first-order valence-electron chi connectivity index (χ1n) is 5.82. The number of hydrogen-bond acceptors (Lipinski definition) is 4. The normalized spacial score (nSPS) is 21.1. The van der Waals surface area contributed by atoms with Crippen molar-refractivity contribution in [2.75, 3.05) is 7.11 Å². The van der Waals surface area contributed by atoms with Crippen LogP contribution in [0.15, 0.2) is 16.9 Å². The molecule has 1 fully saturated rings. The van der Waals surface area contributed by atoms with E-state index < -0.39 is 7.12 Å². The van der Waals surface area contributed by atoms with Gasteiger partial charge in [-0.2, -0.15) is 0 Å². The van der Waals surface area contributed by atoms with Crippen LogP contribution in [0.3, 0.4) is 0 Å². The molecule has 0 bridgehead atoms. The van der Waals surface area contributed by atoms with Crippen LogP contribution in [0, 0.1) is 0 Å². The van der Waals surface area contributed by atoms with E-state index in [0.29, 0.717) is 10.4 Å². The minimum atomic E-state index is -0.441. The Balaban J connectivity index is 2.38. The molecule has 1 aliphatic heterocycles. The summed E-state index contributed by atoms with van der Waals surface area (Å²) in [5.74, 6) is 0.649. The van der Waals surface area contributed by atoms with E-state index in [4.69, 9.17) is 14.0 Å². The van der Waals surface area contributed by atoms with E-state index in [-0.39, 0.29) is 11.2 Å². The Hall–Kier alpha value is -0.585. The molecule has 1 saturated heterocycles. The number of aromatic nitrogens is 1. The van der Waals surface area contributed by atoms with E-state index in [1.54, 1.807) is 13.3 Å². The molecule has 1 aromatic heterocycles. The van der Waals surface area contributed by atoms with Gasteiger partial charge in [0.15, 0.2) is 5.75 Å². The fourth-order valence-electron chi connectivity index (χ4n) is 1.79. The molecule has 0 aliphatic carbocycles. The van der Waals surface area contributed by atoms with Crippen LogP contribution in [-0.4, -0.2) is 30.4 Å². The minimum absolute atomic E-state index is 0.363. The molecule has 0 aromatic carbocycles. The van der Waals surface area contributed by atoms with E-state index in [9.17, 15) is 0 Å². The van der Waals surface area contributed by atoms with Gasteiger partial charge in [0.25, 0.3) is 0 Å². The SMILES string of the molecule is COc1c(B2OC(C)(C)C(C)(C)O2)ccnc1Br. The fraction of sp³-hybridized carbons (Fsp3) is 0.583. The predicted molar refractivity (Wildman–Crippen MR) is 74.2 cm³/mol. The second kappa shape index (κ2) is 4.51. The lowest BCUT2D eigenvalue weighted by atomic mass is 9.79. The first-order valence-corrected chi connectivity index (χ1v) is 6.62. The highest BCUT2D eigenvalue weighted by molar-refractivity contribution is 9.10. The average molecular weight is 314 g/mol. The molecule has 0 saturated carbocycles. The first kappa shape index (κ1) is 13.8. The maximum atomic E-state index is 6.00. The lowest BCUT2D eigenvalue weighted by molar-refractivity contribution is 0.00578. The third-order valence-corrected chi connectivity index (χ3v) is 4.17. The van der Waals surface area contributed by atoms with Gasteiger partial charge in [0.2, 0.25) is 0 Å². The summed E-state index contributed by atoms with van der Waals surface area (Å²) in [4.78, 5) is 4.14. The summed E-state index contributed by atoms with van der Waals surface area (Å²) in [6.45, 7) is 8.09. The third kappa shape index (κ3) is 2.17. The summed E-state index contributed by atoms with van der Waals surface area (Å²) in [5.41, 5.74) is 0.120. The molecule has 4 nitrogen and oxygen atoms in total. The third-order valence-electron chi connectivity index (χ3n) is 3.60. The Labute approximate surface area is 116 Å². The molecule has 0 amide bonds. The largest absolute Gasteiger partial charge is 0.498 e. The molecule has 1 aliphatic rings. The second-order valence-corrected chi connectivity index (χ2v) is 6.06. The number of hydrogen-bond donors (Lipinski definition) is 0. The quantitative estimate of drug-likeness (QED) is 0.619. The lowest BCUT2D eigenvalue weighted by Crippen LogP contribution is -2.41. The average Bonchev–Trinajstić information content (AvgIpc) is 2.47. The highest BCUT2D eigenvalue weighted by Crippen LogP contribution is 2.37. The molecular weight excluding hydrogens is 297 g/mol. The van der Waals surface area contributed by atoms with E-state index in [0.717, 1.165) is 5.46 Å². The fourth-order valence-corrected chi connectivity index (χ4v) is 2.30. The van der Waals surface area contributed by atoms with Gasteiger partial charge in [-0.1, -0.05) is 0 Å². The molecule has 0 radical (unpaired) electrons. The smallest absolute Gasteiger partial charge is 0.494 e. The molecule has 18 heavy (non-hydrogen) atoms. The Kier molecular flexibility index (Phi) is 3.47. The number of pyridine rings is 1. The molecule has 0 atom stereocenters. The van der Waals surface area contributed by atoms with Gasteiger partial charge in [0.05, 0.1) is 18.3 Å². The Morgan fingerprint density at radius 1 is 1.22 bits per heavy atom. The van der Waals surface area contributed by atoms with E-state index in [1.165, 1.54) is 0 Å². The number of rotatable bonds is 2. The predicted octanol–water partition coefficient (Wildman–Crippen LogP) is 2.15. The van der Waals surface area contributed by atoms with Crippen molar-refractivity contribution in [3.05, 3.63) is 16.9 Å². The number of methoxy groups -OCH3 is 1. The Morgan fingerprint density at radius 3 is 2.28 bits per heavy atom. The van der Waals surface area contributed by atoms with Crippen LogP contribution in [-0.2, 0) is 9.31 Å². The van der Waals surface area contributed by atoms with Gasteiger partial charge < -0.3 is 14.0 Å². The van der Waals surface area contributed by atoms with Gasteiger partial charge >= 0.3 is 7.12 Å². The van der Waals surface area contributed by atoms with Gasteiger partial charge in [0, 0.05) is 11.7 Å². The van der Waals surface area contributed by atoms with Gasteiger partial charge in [-0.15, -0.1) is 0 Å². The molecule has 0 unspecified atom stereocenters. The molecule has 0 N–H and O–H groups in total. The van der Waals surface area contributed by atoms with Crippen molar-refractivity contribution < 1.29 is 14.0 Å². The molecule has 98 valence electrons. The van der Waals surface area contributed by atoms with Crippen molar-refractivity contribution >= 4 is 28.5 Å². The van der Waals surface area contributed by atoms with Crippen LogP contribution in [0.25, 0.3) is 0 Å². The zero-order valence-electron chi connectivity index (χ0n) is 11.3. The molecule has 1 aromatic rings. The maximum absolute atomic E-state index is 6.00. The molecule has 2 heterocycles. The number of halogens is 1. The highest BCUT2D eigenvalue weighted by Gasteiger charge is 2.52. The minimum Gasteiger partial charge on any atom is -0.494 e. The van der Waals surface area contributed by atoms with E-state index in [1.807, 2.05) is 33.8 Å². The van der Waals surface area contributed by atoms with E-state index in [2.05, 4.69) is 20.9 Å². The lowest BCUT2D eigenvalue weighted by Gasteiger charge is -2.32. The zero-order chi connectivity index (χ0) is 13.6. The standard InChI is InChI=1S/C12H17BBrNO3/c1-11(2)12(3,4)18-13(17-11)8-6-7-15-10(14)9(8)16-5/h6-7H,1-5H3. The van der Waals surface area contributed by atoms with Crippen molar-refractivity contribution in [3.63, 3.8) is 0 Å². The summed E-state index contributed by atoms with van der Waals surface area (Å²) in [6, 6.07) is 1.85. The maximum Gasteiger partial charge on any atom is 0.498 e. The van der Waals surface area contributed by atoms with Crippen LogP contribution >= 0.6 is 15.9 Å². The number of nitrogens with zero attached hydrogens (tertiary/aromatic N) is 1. The van der Waals surface area contributed by atoms with Crippen molar-refractivity contribution in [3.8, 4) is 5.75 Å². The summed E-state index contributed by atoms with van der Waals surface area (Å²) < 4.78 is 18.0. The van der Waals surface area contributed by atoms with Crippen LogP contribution in [0.4, 0.5) is 0 Å². The first-order chi connectivity index (χ1) is 8.28. The van der Waals surface area contributed by atoms with Gasteiger partial charge in [-0.05, 0) is 49.7 Å². The Bertz CT molecular complexity index is 449. The summed E-state index contributed by atoms with van der Waals surface area (Å²) >= 11 is 3.36. The van der Waals surface area contributed by atoms with E-state index >= 15 is 0 Å². The summed E-state index contributed by atoms with van der Waals surface area (Å²) in [5, 5.41) is 0. The van der Waals surface area contributed by atoms with Crippen LogP contribution < -0.4 is 10.2 Å². The molecule has 6 heteroatoms. The highest BCUT2D eigenvalue weighted by atomic mass is 79.9. The van der Waals surface area contributed by atoms with Gasteiger partial charge in [0.1, 0.15) is 4.60 Å². The zero-order valence-corrected chi connectivity index (χ0v) is 12.9. The molecule has 0 spiro atoms. The van der Waals surface area contributed by atoms with Crippen molar-refractivity contribution in [1.29, 1.82) is 0 Å². The van der Waals surface area contributed by atoms with Crippen LogP contribution in [0.1, 0.15) is 27.7 Å². The van der Waals surface area contributed by atoms with Crippen LogP contribution in [0.2, 0.25) is 0 Å². The van der Waals surface area contributed by atoms with Crippen molar-refractivity contribution in [1.82, 2.24) is 4.98 Å². The van der Waals surface area contributed by atoms with Crippen LogP contribution in [0.5, 0.6) is 5.75 Å². The van der Waals surface area contributed by atoms with Crippen molar-refractivity contribution in [2.24, 2.45) is 0 Å². The van der Waals surface area contributed by atoms with Gasteiger partial charge in [-0.3, -0.25) is 0 Å². The van der Waals surface area contributed by atoms with Gasteiger partial charge in [-0.25, -0.2) is 4.98 Å². The monoisotopic (exact) mass is 313 g/mol. The summed E-state index contributed by atoms with van der Waals surface area (Å²) in [6.07, 6.45) is 1.70. The Morgan fingerprint density at radius 2 is 1.78 bits per heavy atom. The topological polar surface area (TPSA) is 40.6 Å². The number of ether oxygens (including phenoxy) is 1. The molecular formula is C12H17BBrNO3. The molecule has 2 rings (SSSR count). The second-order valence-electron chi connectivity index (χ2n) is 5.31. The summed E-state index contributed by atoms with van der Waals surface area (Å²) in [7, 11) is 1.17.